The summed E-state index contributed by atoms with van der Waals surface area (Å²) in [5.74, 6) is 0.655. The zero-order valence-corrected chi connectivity index (χ0v) is 10.3. The fraction of sp³-hybridized carbons (Fsp3) is 1.00. The molecule has 1 fully saturated rings. The Labute approximate surface area is 93.5 Å². The van der Waals surface area contributed by atoms with Gasteiger partial charge in [0, 0.05) is 32.4 Å². The first kappa shape index (κ1) is 12.9. The number of ether oxygens (including phenoxy) is 2. The smallest absolute Gasteiger partial charge is 0.0619 e. The Morgan fingerprint density at radius 3 is 2.80 bits per heavy atom. The summed E-state index contributed by atoms with van der Waals surface area (Å²) in [6.45, 7) is 7.16. The van der Waals surface area contributed by atoms with E-state index in [1.807, 2.05) is 0 Å². The van der Waals surface area contributed by atoms with Crippen LogP contribution in [0.15, 0.2) is 0 Å². The lowest BCUT2D eigenvalue weighted by molar-refractivity contribution is 0.0608. The summed E-state index contributed by atoms with van der Waals surface area (Å²) in [5.41, 5.74) is 0. The van der Waals surface area contributed by atoms with Gasteiger partial charge < -0.3 is 14.8 Å². The summed E-state index contributed by atoms with van der Waals surface area (Å²) in [6.07, 6.45) is 3.52. The first-order valence-corrected chi connectivity index (χ1v) is 6.06. The molecule has 0 aromatic carbocycles. The molecule has 0 amide bonds. The predicted octanol–water partition coefficient (Wildman–Crippen LogP) is 1.82. The lowest BCUT2D eigenvalue weighted by Gasteiger charge is -2.30. The molecule has 0 spiro atoms. The van der Waals surface area contributed by atoms with Crippen LogP contribution in [0.1, 0.15) is 33.1 Å². The van der Waals surface area contributed by atoms with Crippen LogP contribution in [0, 0.1) is 5.92 Å². The molecule has 3 nitrogen and oxygen atoms in total. The molecule has 1 aliphatic rings. The van der Waals surface area contributed by atoms with Crippen molar-refractivity contribution in [1.82, 2.24) is 5.32 Å². The van der Waals surface area contributed by atoms with Crippen LogP contribution in [-0.4, -0.2) is 39.0 Å². The molecule has 0 aromatic heterocycles. The van der Waals surface area contributed by atoms with Crippen molar-refractivity contribution in [2.75, 3.05) is 26.9 Å². The van der Waals surface area contributed by atoms with Crippen LogP contribution in [-0.2, 0) is 9.47 Å². The van der Waals surface area contributed by atoms with Gasteiger partial charge in [-0.2, -0.15) is 0 Å². The van der Waals surface area contributed by atoms with E-state index in [9.17, 15) is 0 Å². The Balaban J connectivity index is 2.28. The molecular formula is C12H25NO2. The average molecular weight is 215 g/mol. The highest BCUT2D eigenvalue weighted by atomic mass is 16.5. The molecule has 0 radical (unpaired) electrons. The minimum absolute atomic E-state index is 0.544. The number of hydrogen-bond donors (Lipinski definition) is 1. The third kappa shape index (κ3) is 4.96. The van der Waals surface area contributed by atoms with E-state index >= 15 is 0 Å². The first-order valence-electron chi connectivity index (χ1n) is 6.06. The monoisotopic (exact) mass is 215 g/mol. The molecule has 1 N–H and O–H groups in total. The summed E-state index contributed by atoms with van der Waals surface area (Å²) in [5, 5.41) is 3.69. The lowest BCUT2D eigenvalue weighted by atomic mass is 9.99. The maximum Gasteiger partial charge on any atom is 0.0619 e. The Morgan fingerprint density at radius 1 is 1.47 bits per heavy atom. The SMILES string of the molecule is COCCC(NC1CCCOC1)C(C)C. The average Bonchev–Trinajstić information content (AvgIpc) is 2.25. The van der Waals surface area contributed by atoms with Crippen molar-refractivity contribution in [1.29, 1.82) is 0 Å². The zero-order chi connectivity index (χ0) is 11.1. The minimum Gasteiger partial charge on any atom is -0.385 e. The van der Waals surface area contributed by atoms with Crippen molar-refractivity contribution < 1.29 is 9.47 Å². The molecule has 90 valence electrons. The standard InChI is InChI=1S/C12H25NO2/c1-10(2)12(6-8-14-3)13-11-5-4-7-15-9-11/h10-13H,4-9H2,1-3H3. The van der Waals surface area contributed by atoms with Crippen LogP contribution in [0.3, 0.4) is 0 Å². The molecule has 2 atom stereocenters. The second-order valence-corrected chi connectivity index (χ2v) is 4.71. The van der Waals surface area contributed by atoms with Crippen molar-refractivity contribution in [3.05, 3.63) is 0 Å². The van der Waals surface area contributed by atoms with Crippen molar-refractivity contribution in [3.8, 4) is 0 Å². The quantitative estimate of drug-likeness (QED) is 0.733. The zero-order valence-electron chi connectivity index (χ0n) is 10.3. The maximum absolute atomic E-state index is 5.47. The number of nitrogens with one attached hydrogen (secondary N) is 1. The Morgan fingerprint density at radius 2 is 2.27 bits per heavy atom. The van der Waals surface area contributed by atoms with Gasteiger partial charge in [0.2, 0.25) is 0 Å². The summed E-state index contributed by atoms with van der Waals surface area (Å²) in [7, 11) is 1.76. The van der Waals surface area contributed by atoms with Crippen LogP contribution < -0.4 is 5.32 Å². The topological polar surface area (TPSA) is 30.5 Å². The van der Waals surface area contributed by atoms with Gasteiger partial charge in [0.05, 0.1) is 6.61 Å². The van der Waals surface area contributed by atoms with E-state index in [1.54, 1.807) is 7.11 Å². The van der Waals surface area contributed by atoms with Crippen molar-refractivity contribution in [3.63, 3.8) is 0 Å². The Hall–Kier alpha value is -0.120. The van der Waals surface area contributed by atoms with Crippen LogP contribution >= 0.6 is 0 Å². The van der Waals surface area contributed by atoms with Gasteiger partial charge in [-0.1, -0.05) is 13.8 Å². The molecule has 0 aliphatic carbocycles. The van der Waals surface area contributed by atoms with Gasteiger partial charge in [0.1, 0.15) is 0 Å². The van der Waals surface area contributed by atoms with Crippen LogP contribution in [0.5, 0.6) is 0 Å². The molecule has 0 aromatic rings. The lowest BCUT2D eigenvalue weighted by Crippen LogP contribution is -2.45. The Bertz CT molecular complexity index is 156. The van der Waals surface area contributed by atoms with Crippen LogP contribution in [0.4, 0.5) is 0 Å². The second-order valence-electron chi connectivity index (χ2n) is 4.71. The van der Waals surface area contributed by atoms with Crippen LogP contribution in [0.2, 0.25) is 0 Å². The third-order valence-corrected chi connectivity index (χ3v) is 3.05. The summed E-state index contributed by atoms with van der Waals surface area (Å²) in [6, 6.07) is 1.10. The number of rotatable bonds is 6. The highest BCUT2D eigenvalue weighted by Gasteiger charge is 2.20. The van der Waals surface area contributed by atoms with E-state index in [4.69, 9.17) is 9.47 Å². The van der Waals surface area contributed by atoms with Crippen molar-refractivity contribution in [2.24, 2.45) is 5.92 Å². The molecule has 1 aliphatic heterocycles. The van der Waals surface area contributed by atoms with E-state index in [-0.39, 0.29) is 0 Å². The van der Waals surface area contributed by atoms with Crippen molar-refractivity contribution >= 4 is 0 Å². The molecule has 1 heterocycles. The van der Waals surface area contributed by atoms with Gasteiger partial charge in [0.25, 0.3) is 0 Å². The van der Waals surface area contributed by atoms with E-state index in [0.717, 1.165) is 26.2 Å². The van der Waals surface area contributed by atoms with Crippen LogP contribution in [0.25, 0.3) is 0 Å². The minimum atomic E-state index is 0.544. The summed E-state index contributed by atoms with van der Waals surface area (Å²) in [4.78, 5) is 0. The number of hydrogen-bond acceptors (Lipinski definition) is 3. The summed E-state index contributed by atoms with van der Waals surface area (Å²) < 4.78 is 10.6. The maximum atomic E-state index is 5.47. The largest absolute Gasteiger partial charge is 0.385 e. The molecule has 0 saturated carbocycles. The van der Waals surface area contributed by atoms with Gasteiger partial charge in [-0.05, 0) is 25.2 Å². The predicted molar refractivity (Wildman–Crippen MR) is 62.1 cm³/mol. The molecular weight excluding hydrogens is 190 g/mol. The molecule has 1 saturated heterocycles. The highest BCUT2D eigenvalue weighted by Crippen LogP contribution is 2.12. The fourth-order valence-electron chi connectivity index (χ4n) is 2.03. The van der Waals surface area contributed by atoms with Gasteiger partial charge in [-0.15, -0.1) is 0 Å². The Kier molecular flexibility index (Phi) is 6.22. The van der Waals surface area contributed by atoms with E-state index < -0.39 is 0 Å². The molecule has 0 bridgehead atoms. The third-order valence-electron chi connectivity index (χ3n) is 3.05. The van der Waals surface area contributed by atoms with E-state index in [1.165, 1.54) is 12.8 Å². The molecule has 3 heteroatoms. The van der Waals surface area contributed by atoms with Gasteiger partial charge >= 0.3 is 0 Å². The second kappa shape index (κ2) is 7.20. The highest BCUT2D eigenvalue weighted by molar-refractivity contribution is 4.78. The van der Waals surface area contributed by atoms with Crippen molar-refractivity contribution in [2.45, 2.75) is 45.2 Å². The van der Waals surface area contributed by atoms with E-state index in [2.05, 4.69) is 19.2 Å². The van der Waals surface area contributed by atoms with Gasteiger partial charge in [-0.25, -0.2) is 0 Å². The normalized spacial score (nSPS) is 24.4. The first-order chi connectivity index (χ1) is 7.24. The fourth-order valence-corrected chi connectivity index (χ4v) is 2.03. The molecule has 2 unspecified atom stereocenters. The molecule has 15 heavy (non-hydrogen) atoms. The van der Waals surface area contributed by atoms with Gasteiger partial charge in [0.15, 0.2) is 0 Å². The number of methoxy groups -OCH3 is 1. The molecule has 1 rings (SSSR count). The van der Waals surface area contributed by atoms with Gasteiger partial charge in [-0.3, -0.25) is 0 Å². The van der Waals surface area contributed by atoms with E-state index in [0.29, 0.717) is 18.0 Å². The summed E-state index contributed by atoms with van der Waals surface area (Å²) >= 11 is 0.